The zero-order valence-corrected chi connectivity index (χ0v) is 12.1. The van der Waals surface area contributed by atoms with Crippen molar-refractivity contribution in [2.24, 2.45) is 5.92 Å². The van der Waals surface area contributed by atoms with Gasteiger partial charge in [-0.3, -0.25) is 0 Å². The molecule has 0 saturated heterocycles. The van der Waals surface area contributed by atoms with Crippen LogP contribution in [0.3, 0.4) is 0 Å². The Labute approximate surface area is 112 Å². The van der Waals surface area contributed by atoms with Gasteiger partial charge in [-0.2, -0.15) is 0 Å². The lowest BCUT2D eigenvalue weighted by Crippen LogP contribution is -2.26. The predicted molar refractivity (Wildman–Crippen MR) is 79.2 cm³/mol. The molecular weight excluding hydrogens is 218 g/mol. The van der Waals surface area contributed by atoms with Crippen molar-refractivity contribution in [1.82, 2.24) is 5.32 Å². The minimum Gasteiger partial charge on any atom is -0.319 e. The normalized spacial score (nSPS) is 18.8. The minimum atomic E-state index is 0.703. The van der Waals surface area contributed by atoms with Crippen LogP contribution in [0, 0.1) is 19.8 Å². The fourth-order valence-electron chi connectivity index (χ4n) is 3.54. The molecule has 0 aliphatic heterocycles. The molecule has 0 aromatic heterocycles. The highest BCUT2D eigenvalue weighted by molar-refractivity contribution is 5.31. The summed E-state index contributed by atoms with van der Waals surface area (Å²) in [5.74, 6) is 1.58. The van der Waals surface area contributed by atoms with E-state index in [-0.39, 0.29) is 0 Å². The second kappa shape index (κ2) is 6.38. The van der Waals surface area contributed by atoms with E-state index in [2.05, 4.69) is 44.4 Å². The minimum absolute atomic E-state index is 0.703. The van der Waals surface area contributed by atoms with E-state index in [0.717, 1.165) is 12.5 Å². The maximum Gasteiger partial charge on any atom is 0.00198 e. The average molecular weight is 245 g/mol. The first-order valence-electron chi connectivity index (χ1n) is 7.43. The maximum absolute atomic E-state index is 3.40. The second-order valence-electron chi connectivity index (χ2n) is 5.98. The van der Waals surface area contributed by atoms with Gasteiger partial charge in [-0.25, -0.2) is 0 Å². The number of hydrogen-bond acceptors (Lipinski definition) is 1. The number of nitrogens with one attached hydrogen (secondary N) is 1. The van der Waals surface area contributed by atoms with Crippen LogP contribution in [0.25, 0.3) is 0 Å². The van der Waals surface area contributed by atoms with Gasteiger partial charge in [0.25, 0.3) is 0 Å². The Morgan fingerprint density at radius 1 is 1.06 bits per heavy atom. The SMILES string of the molecule is CNCC(c1cc(C)cc(C)c1)C1CCCCC1. The molecular formula is C17H27N. The van der Waals surface area contributed by atoms with E-state index in [4.69, 9.17) is 0 Å². The second-order valence-corrected chi connectivity index (χ2v) is 5.98. The Morgan fingerprint density at radius 2 is 1.67 bits per heavy atom. The molecule has 0 amide bonds. The molecule has 1 fully saturated rings. The molecule has 0 heterocycles. The van der Waals surface area contributed by atoms with Crippen LogP contribution in [0.5, 0.6) is 0 Å². The van der Waals surface area contributed by atoms with E-state index < -0.39 is 0 Å². The monoisotopic (exact) mass is 245 g/mol. The fraction of sp³-hybridized carbons (Fsp3) is 0.647. The van der Waals surface area contributed by atoms with Gasteiger partial charge in [-0.05, 0) is 51.1 Å². The lowest BCUT2D eigenvalue weighted by molar-refractivity contribution is 0.300. The Kier molecular flexibility index (Phi) is 4.82. The van der Waals surface area contributed by atoms with Crippen LogP contribution in [0.4, 0.5) is 0 Å². The van der Waals surface area contributed by atoms with Crippen molar-refractivity contribution in [3.05, 3.63) is 34.9 Å². The topological polar surface area (TPSA) is 12.0 Å². The molecule has 1 aromatic carbocycles. The molecule has 0 spiro atoms. The zero-order valence-electron chi connectivity index (χ0n) is 12.1. The Morgan fingerprint density at radius 3 is 2.22 bits per heavy atom. The van der Waals surface area contributed by atoms with Gasteiger partial charge in [-0.1, -0.05) is 48.6 Å². The van der Waals surface area contributed by atoms with Crippen molar-refractivity contribution in [1.29, 1.82) is 0 Å². The predicted octanol–water partition coefficient (Wildman–Crippen LogP) is 4.19. The highest BCUT2D eigenvalue weighted by Gasteiger charge is 2.24. The maximum atomic E-state index is 3.40. The van der Waals surface area contributed by atoms with E-state index in [1.165, 1.54) is 43.2 Å². The summed E-state index contributed by atoms with van der Waals surface area (Å²) in [5, 5.41) is 3.40. The molecule has 1 saturated carbocycles. The molecule has 0 radical (unpaired) electrons. The summed E-state index contributed by atoms with van der Waals surface area (Å²) in [6.45, 7) is 5.55. The van der Waals surface area contributed by atoms with Gasteiger partial charge in [0.05, 0.1) is 0 Å². The van der Waals surface area contributed by atoms with Gasteiger partial charge in [0.2, 0.25) is 0 Å². The third-order valence-electron chi connectivity index (χ3n) is 4.32. The standard InChI is InChI=1S/C17H27N/c1-13-9-14(2)11-16(10-13)17(12-18-3)15-7-5-4-6-8-15/h9-11,15,17-18H,4-8,12H2,1-3H3. The van der Waals surface area contributed by atoms with Crippen molar-refractivity contribution >= 4 is 0 Å². The third-order valence-corrected chi connectivity index (χ3v) is 4.32. The van der Waals surface area contributed by atoms with E-state index in [1.807, 2.05) is 0 Å². The molecule has 1 heteroatoms. The first kappa shape index (κ1) is 13.6. The first-order chi connectivity index (χ1) is 8.70. The highest BCUT2D eigenvalue weighted by Crippen LogP contribution is 2.36. The van der Waals surface area contributed by atoms with Crippen molar-refractivity contribution in [3.8, 4) is 0 Å². The summed E-state index contributed by atoms with van der Waals surface area (Å²) in [7, 11) is 2.08. The van der Waals surface area contributed by atoms with Crippen LogP contribution in [0.1, 0.15) is 54.7 Å². The van der Waals surface area contributed by atoms with Crippen molar-refractivity contribution in [3.63, 3.8) is 0 Å². The lowest BCUT2D eigenvalue weighted by Gasteiger charge is -2.31. The van der Waals surface area contributed by atoms with E-state index in [9.17, 15) is 0 Å². The molecule has 2 rings (SSSR count). The molecule has 1 aliphatic rings. The van der Waals surface area contributed by atoms with Crippen LogP contribution < -0.4 is 5.32 Å². The molecule has 1 atom stereocenters. The molecule has 1 aromatic rings. The summed E-state index contributed by atoms with van der Waals surface area (Å²) in [6, 6.07) is 7.06. The summed E-state index contributed by atoms with van der Waals surface area (Å²) in [6.07, 6.45) is 7.12. The van der Waals surface area contributed by atoms with Crippen LogP contribution in [-0.4, -0.2) is 13.6 Å². The molecule has 1 nitrogen and oxygen atoms in total. The number of benzene rings is 1. The summed E-state index contributed by atoms with van der Waals surface area (Å²) < 4.78 is 0. The van der Waals surface area contributed by atoms with Crippen LogP contribution in [0.15, 0.2) is 18.2 Å². The van der Waals surface area contributed by atoms with E-state index >= 15 is 0 Å². The Bertz CT molecular complexity index is 357. The van der Waals surface area contributed by atoms with Gasteiger partial charge in [0.15, 0.2) is 0 Å². The number of rotatable bonds is 4. The van der Waals surface area contributed by atoms with Crippen LogP contribution in [0.2, 0.25) is 0 Å². The molecule has 18 heavy (non-hydrogen) atoms. The Hall–Kier alpha value is -0.820. The van der Waals surface area contributed by atoms with Gasteiger partial charge in [0.1, 0.15) is 0 Å². The van der Waals surface area contributed by atoms with Gasteiger partial charge in [0, 0.05) is 6.54 Å². The molecule has 0 bridgehead atoms. The number of likely N-dealkylation sites (N-methyl/N-ethyl adjacent to an activating group) is 1. The summed E-state index contributed by atoms with van der Waals surface area (Å²) >= 11 is 0. The lowest BCUT2D eigenvalue weighted by atomic mass is 9.76. The van der Waals surface area contributed by atoms with Gasteiger partial charge in [-0.15, -0.1) is 0 Å². The van der Waals surface area contributed by atoms with Crippen LogP contribution in [-0.2, 0) is 0 Å². The summed E-state index contributed by atoms with van der Waals surface area (Å²) in [4.78, 5) is 0. The number of aryl methyl sites for hydroxylation is 2. The smallest absolute Gasteiger partial charge is 0.00198 e. The first-order valence-corrected chi connectivity index (χ1v) is 7.43. The summed E-state index contributed by atoms with van der Waals surface area (Å²) in [5.41, 5.74) is 4.36. The molecule has 1 aliphatic carbocycles. The van der Waals surface area contributed by atoms with E-state index in [1.54, 1.807) is 5.56 Å². The fourth-order valence-corrected chi connectivity index (χ4v) is 3.54. The van der Waals surface area contributed by atoms with Gasteiger partial charge < -0.3 is 5.32 Å². The van der Waals surface area contributed by atoms with E-state index in [0.29, 0.717) is 5.92 Å². The average Bonchev–Trinajstić information content (AvgIpc) is 2.36. The Balaban J connectivity index is 2.22. The van der Waals surface area contributed by atoms with Gasteiger partial charge >= 0.3 is 0 Å². The van der Waals surface area contributed by atoms with Crippen molar-refractivity contribution in [2.75, 3.05) is 13.6 Å². The quantitative estimate of drug-likeness (QED) is 0.839. The third kappa shape index (κ3) is 3.35. The zero-order chi connectivity index (χ0) is 13.0. The van der Waals surface area contributed by atoms with Crippen molar-refractivity contribution in [2.45, 2.75) is 51.9 Å². The highest BCUT2D eigenvalue weighted by atomic mass is 14.8. The molecule has 1 N–H and O–H groups in total. The van der Waals surface area contributed by atoms with Crippen molar-refractivity contribution < 1.29 is 0 Å². The molecule has 100 valence electrons. The molecule has 1 unspecified atom stereocenters. The number of hydrogen-bond donors (Lipinski definition) is 1. The van der Waals surface area contributed by atoms with Crippen LogP contribution >= 0.6 is 0 Å². The largest absolute Gasteiger partial charge is 0.319 e.